The summed E-state index contributed by atoms with van der Waals surface area (Å²) in [5, 5.41) is 0. The highest BCUT2D eigenvalue weighted by molar-refractivity contribution is 5.28. The van der Waals surface area contributed by atoms with E-state index in [1.807, 2.05) is 0 Å². The van der Waals surface area contributed by atoms with Gasteiger partial charge in [-0.2, -0.15) is 0 Å². The summed E-state index contributed by atoms with van der Waals surface area (Å²) in [7, 11) is 0. The lowest BCUT2D eigenvalue weighted by atomic mass is 10.0. The Morgan fingerprint density at radius 3 is 2.38 bits per heavy atom. The molecule has 0 bridgehead atoms. The van der Waals surface area contributed by atoms with Gasteiger partial charge in [-0.3, -0.25) is 5.84 Å². The molecule has 0 aliphatic rings. The predicted octanol–water partition coefficient (Wildman–Crippen LogP) is 1.76. The lowest BCUT2D eigenvalue weighted by molar-refractivity contribution is 0.0983. The molecule has 13 heavy (non-hydrogen) atoms. The molecule has 1 unspecified atom stereocenters. The highest BCUT2D eigenvalue weighted by atomic mass is 19.3. The standard InChI is InChI=1S/C9H12F2N2/c1-6-4-2-3-5-7(6)8(13-12)9(10)11/h2-5,8-9,13H,12H2,1H3. The van der Waals surface area contributed by atoms with Crippen LogP contribution in [0.1, 0.15) is 17.2 Å². The third-order valence-corrected chi connectivity index (χ3v) is 1.96. The number of rotatable bonds is 3. The van der Waals surface area contributed by atoms with Crippen molar-refractivity contribution in [3.8, 4) is 0 Å². The molecule has 1 aromatic carbocycles. The lowest BCUT2D eigenvalue weighted by Gasteiger charge is -2.16. The molecular weight excluding hydrogens is 174 g/mol. The van der Waals surface area contributed by atoms with Crippen molar-refractivity contribution in [1.82, 2.24) is 5.43 Å². The molecule has 0 fully saturated rings. The number of nitrogens with two attached hydrogens (primary N) is 1. The third-order valence-electron chi connectivity index (χ3n) is 1.96. The third kappa shape index (κ3) is 2.23. The fraction of sp³-hybridized carbons (Fsp3) is 0.333. The van der Waals surface area contributed by atoms with E-state index in [2.05, 4.69) is 5.43 Å². The molecule has 0 aromatic heterocycles. The van der Waals surface area contributed by atoms with Crippen LogP contribution in [0.25, 0.3) is 0 Å². The van der Waals surface area contributed by atoms with Crippen LogP contribution in [0.5, 0.6) is 0 Å². The minimum absolute atomic E-state index is 0.542. The van der Waals surface area contributed by atoms with Crippen LogP contribution in [-0.4, -0.2) is 6.43 Å². The molecule has 3 N–H and O–H groups in total. The average Bonchev–Trinajstić information content (AvgIpc) is 2.09. The van der Waals surface area contributed by atoms with Crippen molar-refractivity contribution in [2.45, 2.75) is 19.4 Å². The minimum atomic E-state index is -2.49. The van der Waals surface area contributed by atoms with Crippen molar-refractivity contribution in [3.63, 3.8) is 0 Å². The molecule has 0 saturated carbocycles. The van der Waals surface area contributed by atoms with Crippen molar-refractivity contribution in [1.29, 1.82) is 0 Å². The Labute approximate surface area is 75.7 Å². The van der Waals surface area contributed by atoms with E-state index in [0.29, 0.717) is 5.56 Å². The fourth-order valence-corrected chi connectivity index (χ4v) is 1.23. The Hall–Kier alpha value is -1.00. The summed E-state index contributed by atoms with van der Waals surface area (Å²) >= 11 is 0. The van der Waals surface area contributed by atoms with Crippen LogP contribution in [0, 0.1) is 6.92 Å². The van der Waals surface area contributed by atoms with E-state index in [4.69, 9.17) is 5.84 Å². The first-order valence-electron chi connectivity index (χ1n) is 3.96. The molecule has 4 heteroatoms. The van der Waals surface area contributed by atoms with Crippen molar-refractivity contribution >= 4 is 0 Å². The summed E-state index contributed by atoms with van der Waals surface area (Å²) < 4.78 is 24.8. The van der Waals surface area contributed by atoms with Crippen molar-refractivity contribution < 1.29 is 8.78 Å². The molecular formula is C9H12F2N2. The van der Waals surface area contributed by atoms with Gasteiger partial charge in [0.15, 0.2) is 0 Å². The van der Waals surface area contributed by atoms with Gasteiger partial charge >= 0.3 is 0 Å². The second-order valence-corrected chi connectivity index (χ2v) is 2.84. The highest BCUT2D eigenvalue weighted by Crippen LogP contribution is 2.22. The summed E-state index contributed by atoms with van der Waals surface area (Å²) in [5.74, 6) is 5.04. The van der Waals surface area contributed by atoms with E-state index in [0.717, 1.165) is 5.56 Å². The summed E-state index contributed by atoms with van der Waals surface area (Å²) in [6.07, 6.45) is -2.49. The van der Waals surface area contributed by atoms with Gasteiger partial charge in [0.1, 0.15) is 6.04 Å². The SMILES string of the molecule is Cc1ccccc1C(NN)C(F)F. The molecule has 0 spiro atoms. The maximum atomic E-state index is 12.4. The second kappa shape index (κ2) is 4.30. The number of hydrogen-bond acceptors (Lipinski definition) is 2. The van der Waals surface area contributed by atoms with Gasteiger partial charge in [0.25, 0.3) is 6.43 Å². The zero-order valence-corrected chi connectivity index (χ0v) is 7.30. The number of hydrazine groups is 1. The van der Waals surface area contributed by atoms with Gasteiger partial charge in [0.05, 0.1) is 0 Å². The summed E-state index contributed by atoms with van der Waals surface area (Å²) in [6, 6.07) is 5.86. The number of halogens is 2. The van der Waals surface area contributed by atoms with Gasteiger partial charge in [0, 0.05) is 0 Å². The first kappa shape index (κ1) is 10.1. The number of hydrogen-bond donors (Lipinski definition) is 2. The molecule has 1 aromatic rings. The molecule has 0 amide bonds. The molecule has 0 heterocycles. The van der Waals surface area contributed by atoms with Crippen molar-refractivity contribution in [2.24, 2.45) is 5.84 Å². The van der Waals surface area contributed by atoms with E-state index >= 15 is 0 Å². The Morgan fingerprint density at radius 2 is 1.92 bits per heavy atom. The normalized spacial score (nSPS) is 13.3. The lowest BCUT2D eigenvalue weighted by Crippen LogP contribution is -2.33. The van der Waals surface area contributed by atoms with E-state index < -0.39 is 12.5 Å². The zero-order chi connectivity index (χ0) is 9.84. The van der Waals surface area contributed by atoms with Crippen LogP contribution < -0.4 is 11.3 Å². The van der Waals surface area contributed by atoms with Gasteiger partial charge < -0.3 is 0 Å². The molecule has 0 aliphatic carbocycles. The maximum absolute atomic E-state index is 12.4. The zero-order valence-electron chi connectivity index (χ0n) is 7.30. The molecule has 0 saturated heterocycles. The van der Waals surface area contributed by atoms with E-state index in [1.54, 1.807) is 31.2 Å². The average molecular weight is 186 g/mol. The molecule has 72 valence electrons. The van der Waals surface area contributed by atoms with Crippen LogP contribution in [0.3, 0.4) is 0 Å². The van der Waals surface area contributed by atoms with Crippen LogP contribution >= 0.6 is 0 Å². The summed E-state index contributed by atoms with van der Waals surface area (Å²) in [4.78, 5) is 0. The van der Waals surface area contributed by atoms with Crippen LogP contribution in [0.4, 0.5) is 8.78 Å². The number of nitrogens with one attached hydrogen (secondary N) is 1. The van der Waals surface area contributed by atoms with E-state index in [9.17, 15) is 8.78 Å². The molecule has 0 aliphatic heterocycles. The van der Waals surface area contributed by atoms with Gasteiger partial charge in [-0.1, -0.05) is 24.3 Å². The number of alkyl halides is 2. The Kier molecular flexibility index (Phi) is 3.33. The highest BCUT2D eigenvalue weighted by Gasteiger charge is 2.21. The van der Waals surface area contributed by atoms with Crippen LogP contribution in [-0.2, 0) is 0 Å². The largest absolute Gasteiger partial charge is 0.271 e. The molecule has 1 atom stereocenters. The molecule has 2 nitrogen and oxygen atoms in total. The van der Waals surface area contributed by atoms with Crippen LogP contribution in [0.2, 0.25) is 0 Å². The molecule has 0 radical (unpaired) electrons. The van der Waals surface area contributed by atoms with Gasteiger partial charge in [0.2, 0.25) is 0 Å². The van der Waals surface area contributed by atoms with E-state index in [-0.39, 0.29) is 0 Å². The topological polar surface area (TPSA) is 38.0 Å². The number of benzene rings is 1. The Morgan fingerprint density at radius 1 is 1.31 bits per heavy atom. The first-order valence-corrected chi connectivity index (χ1v) is 3.96. The van der Waals surface area contributed by atoms with Gasteiger partial charge in [-0.15, -0.1) is 0 Å². The maximum Gasteiger partial charge on any atom is 0.259 e. The second-order valence-electron chi connectivity index (χ2n) is 2.84. The minimum Gasteiger partial charge on any atom is -0.271 e. The summed E-state index contributed by atoms with van der Waals surface area (Å²) in [6.45, 7) is 1.78. The van der Waals surface area contributed by atoms with E-state index in [1.165, 1.54) is 0 Å². The number of aryl methyl sites for hydroxylation is 1. The van der Waals surface area contributed by atoms with Crippen molar-refractivity contribution in [3.05, 3.63) is 35.4 Å². The predicted molar refractivity (Wildman–Crippen MR) is 47.2 cm³/mol. The van der Waals surface area contributed by atoms with Gasteiger partial charge in [-0.05, 0) is 18.1 Å². The molecule has 1 rings (SSSR count). The summed E-state index contributed by atoms with van der Waals surface area (Å²) in [5.41, 5.74) is 3.46. The van der Waals surface area contributed by atoms with Gasteiger partial charge in [-0.25, -0.2) is 14.2 Å². The first-order chi connectivity index (χ1) is 6.16. The van der Waals surface area contributed by atoms with Crippen LogP contribution in [0.15, 0.2) is 24.3 Å². The quantitative estimate of drug-likeness (QED) is 0.557. The monoisotopic (exact) mass is 186 g/mol. The van der Waals surface area contributed by atoms with Crippen molar-refractivity contribution in [2.75, 3.05) is 0 Å². The smallest absolute Gasteiger partial charge is 0.259 e. The Balaban J connectivity index is 2.97. The Bertz CT molecular complexity index is 276. The fourth-order valence-electron chi connectivity index (χ4n) is 1.23.